The van der Waals surface area contributed by atoms with Gasteiger partial charge >= 0.3 is 11.9 Å². The van der Waals surface area contributed by atoms with Gasteiger partial charge in [-0.2, -0.15) is 0 Å². The van der Waals surface area contributed by atoms with E-state index >= 15 is 0 Å². The zero-order valence-corrected chi connectivity index (χ0v) is 48.8. The van der Waals surface area contributed by atoms with Crippen LogP contribution in [0.25, 0.3) is 0 Å². The number of cyclic esters (lactones) is 1. The van der Waals surface area contributed by atoms with Crippen LogP contribution in [0.3, 0.4) is 0 Å². The van der Waals surface area contributed by atoms with E-state index in [0.717, 1.165) is 0 Å². The molecular weight excluding hydrogens is 1070 g/mol. The van der Waals surface area contributed by atoms with Gasteiger partial charge in [-0.3, -0.25) is 28.8 Å². The highest BCUT2D eigenvalue weighted by molar-refractivity contribution is 5.97. The number of nitrogen functional groups attached to an aromatic ring is 1. The van der Waals surface area contributed by atoms with E-state index in [-0.39, 0.29) is 75.1 Å². The number of Topliss-reactive ketones (excluding diaryl/α,β-unsaturated/α-hetero) is 4. The summed E-state index contributed by atoms with van der Waals surface area (Å²) in [6.45, 7) is 10.7. The van der Waals surface area contributed by atoms with Gasteiger partial charge in [0.05, 0.1) is 67.6 Å². The van der Waals surface area contributed by atoms with Crippen molar-refractivity contribution in [3.8, 4) is 0 Å². The maximum atomic E-state index is 13.3. The van der Waals surface area contributed by atoms with Crippen molar-refractivity contribution in [1.82, 2.24) is 5.32 Å². The van der Waals surface area contributed by atoms with Gasteiger partial charge < -0.3 is 70.9 Å². The lowest BCUT2D eigenvalue weighted by Gasteiger charge is -2.42. The Balaban J connectivity index is 1.87. The van der Waals surface area contributed by atoms with Crippen molar-refractivity contribution in [3.63, 3.8) is 0 Å². The van der Waals surface area contributed by atoms with Crippen LogP contribution in [0.15, 0.2) is 109 Å². The smallest absolute Gasteiger partial charge is 0.314 e. The average molecular weight is 1170 g/mol. The summed E-state index contributed by atoms with van der Waals surface area (Å²) in [7, 11) is 0. The van der Waals surface area contributed by atoms with Crippen molar-refractivity contribution in [2.45, 2.75) is 198 Å². The molecule has 3 rings (SSSR count). The summed E-state index contributed by atoms with van der Waals surface area (Å²) in [5, 5.41) is 91.1. The molecule has 20 heteroatoms. The Bertz CT molecular complexity index is 2380. The highest BCUT2D eigenvalue weighted by Crippen LogP contribution is 2.30. The quantitative estimate of drug-likeness (QED) is 0.0552. The number of carbonyl (C=O) groups excluding carboxylic acids is 6. The third kappa shape index (κ3) is 26.9. The maximum absolute atomic E-state index is 13.3. The lowest BCUT2D eigenvalue weighted by Crippen LogP contribution is -2.63. The second-order valence-corrected chi connectivity index (χ2v) is 21.8. The second kappa shape index (κ2) is 38.4. The first-order chi connectivity index (χ1) is 39.4. The number of aliphatic hydroxyl groups excluding tert-OH is 8. The molecule has 0 saturated carbocycles. The molecule has 1 aromatic carbocycles. The van der Waals surface area contributed by atoms with Gasteiger partial charge in [0, 0.05) is 62.1 Å². The summed E-state index contributed by atoms with van der Waals surface area (Å²) in [5.74, 6) is -6.41. The third-order valence-electron chi connectivity index (χ3n) is 14.5. The number of hydrogen-bond donors (Lipinski definition) is 10. The van der Waals surface area contributed by atoms with Crippen LogP contribution in [0.1, 0.15) is 129 Å². The van der Waals surface area contributed by atoms with E-state index < -0.39 is 140 Å². The lowest BCUT2D eigenvalue weighted by molar-refractivity contribution is -0.281. The number of allylic oxidation sites excluding steroid dienone is 12. The van der Waals surface area contributed by atoms with E-state index in [9.17, 15) is 69.6 Å². The van der Waals surface area contributed by atoms with Crippen LogP contribution in [0.2, 0.25) is 0 Å². The number of carbonyl (C=O) groups is 6. The van der Waals surface area contributed by atoms with Crippen LogP contribution < -0.4 is 11.1 Å². The van der Waals surface area contributed by atoms with E-state index in [0.29, 0.717) is 24.2 Å². The van der Waals surface area contributed by atoms with Gasteiger partial charge in [-0.25, -0.2) is 0 Å². The fourth-order valence-electron chi connectivity index (χ4n) is 10.0. The fourth-order valence-corrected chi connectivity index (χ4v) is 10.0. The molecular formula is C63H92N2O18. The van der Waals surface area contributed by atoms with Gasteiger partial charge in [-0.15, -0.1) is 0 Å². The monoisotopic (exact) mass is 1160 g/mol. The fraction of sp³-hybridized carbons (Fsp3) is 0.587. The van der Waals surface area contributed by atoms with Gasteiger partial charge in [-0.05, 0) is 82.2 Å². The number of aliphatic hydroxyl groups is 8. The Labute approximate surface area is 488 Å². The minimum Gasteiger partial charge on any atom is -0.466 e. The Morgan fingerprint density at radius 2 is 1.25 bits per heavy atom. The molecule has 0 aromatic heterocycles. The lowest BCUT2D eigenvalue weighted by atomic mass is 9.83. The number of ketones is 4. The average Bonchev–Trinajstić information content (AvgIpc) is 3.60. The van der Waals surface area contributed by atoms with Crippen LogP contribution in [0.5, 0.6) is 0 Å². The van der Waals surface area contributed by atoms with Crippen molar-refractivity contribution < 1.29 is 88.6 Å². The zero-order chi connectivity index (χ0) is 61.6. The van der Waals surface area contributed by atoms with Crippen molar-refractivity contribution >= 4 is 40.8 Å². The molecule has 0 amide bonds. The molecule has 1 aromatic rings. The molecule has 2 heterocycles. The van der Waals surface area contributed by atoms with Crippen molar-refractivity contribution in [3.05, 3.63) is 115 Å². The number of benzene rings is 1. The molecule has 1 fully saturated rings. The number of likely N-dealkylation sites (N-methyl/N-ethyl adjacent to an activating group) is 1. The number of nitrogens with two attached hydrogens (primary N) is 1. The van der Waals surface area contributed by atoms with Gasteiger partial charge in [0.1, 0.15) is 41.9 Å². The minimum absolute atomic E-state index is 0.0720. The number of rotatable bonds is 13. The predicted molar refractivity (Wildman–Crippen MR) is 312 cm³/mol. The Hall–Kier alpha value is -5.62. The van der Waals surface area contributed by atoms with E-state index in [2.05, 4.69) is 5.32 Å². The number of ether oxygens (including phenoxy) is 4. The molecule has 2 aliphatic heterocycles. The van der Waals surface area contributed by atoms with Crippen LogP contribution in [0.4, 0.5) is 5.69 Å². The largest absolute Gasteiger partial charge is 0.466 e. The van der Waals surface area contributed by atoms with Crippen LogP contribution >= 0.6 is 0 Å². The SMILES string of the molecule is CCN[C@@H]1[C@H](O)[C@H](O[C@H]2C=CC=CC=CC=CC=CC=CC=C[C@H](C)C(C(C)CC(C)C(O)CC(=O)c3ccc(N)cc3)OC(=O)CC(=O)CCCC(=O)C[C@@H](O)C[C@@H](O)C[C@@H](O)CC(=O)C[C@H](O)[C@@H](C(=O)OCC)C(O)C2)O[C@H](C)[C@H]1O. The summed E-state index contributed by atoms with van der Waals surface area (Å²) in [6.07, 6.45) is 6.04. The molecule has 83 heavy (non-hydrogen) atoms. The van der Waals surface area contributed by atoms with E-state index in [4.69, 9.17) is 24.7 Å². The van der Waals surface area contributed by atoms with E-state index in [1.165, 1.54) is 13.0 Å². The van der Waals surface area contributed by atoms with Crippen molar-refractivity contribution in [2.75, 3.05) is 18.9 Å². The molecule has 0 radical (unpaired) electrons. The number of nitrogens with one attached hydrogen (secondary N) is 1. The molecule has 2 aliphatic rings. The van der Waals surface area contributed by atoms with E-state index in [1.807, 2.05) is 26.8 Å². The van der Waals surface area contributed by atoms with Gasteiger partial charge in [0.25, 0.3) is 0 Å². The summed E-state index contributed by atoms with van der Waals surface area (Å²) in [6, 6.07) is 5.60. The zero-order valence-electron chi connectivity index (χ0n) is 48.8. The minimum atomic E-state index is -1.81. The molecule has 0 bridgehead atoms. The molecule has 1 saturated heterocycles. The first-order valence-corrected chi connectivity index (χ1v) is 28.9. The first kappa shape index (κ1) is 71.6. The maximum Gasteiger partial charge on any atom is 0.314 e. The normalized spacial score (nSPS) is 30.9. The Morgan fingerprint density at radius 3 is 1.83 bits per heavy atom. The van der Waals surface area contributed by atoms with Crippen LogP contribution in [-0.2, 0) is 42.9 Å². The second-order valence-electron chi connectivity index (χ2n) is 21.8. The molecule has 0 spiro atoms. The molecule has 0 aliphatic carbocycles. The molecule has 5 unspecified atom stereocenters. The van der Waals surface area contributed by atoms with E-state index in [1.54, 1.807) is 111 Å². The Morgan fingerprint density at radius 1 is 0.699 bits per heavy atom. The summed E-state index contributed by atoms with van der Waals surface area (Å²) in [5.41, 5.74) is 6.69. The van der Waals surface area contributed by atoms with Crippen molar-refractivity contribution in [1.29, 1.82) is 0 Å². The molecule has 462 valence electrons. The van der Waals surface area contributed by atoms with Gasteiger partial charge in [-0.1, -0.05) is 113 Å². The van der Waals surface area contributed by atoms with Crippen molar-refractivity contribution in [2.24, 2.45) is 23.7 Å². The highest BCUT2D eigenvalue weighted by atomic mass is 16.7. The Kier molecular flexibility index (Phi) is 33.1. The predicted octanol–water partition coefficient (Wildman–Crippen LogP) is 4.74. The van der Waals surface area contributed by atoms with Crippen LogP contribution in [0, 0.1) is 23.7 Å². The van der Waals surface area contributed by atoms with Gasteiger partial charge in [0.15, 0.2) is 12.1 Å². The summed E-state index contributed by atoms with van der Waals surface area (Å²) < 4.78 is 23.2. The topological polar surface area (TPSA) is 339 Å². The number of anilines is 1. The number of hydrogen-bond acceptors (Lipinski definition) is 20. The van der Waals surface area contributed by atoms with Gasteiger partial charge in [0.2, 0.25) is 0 Å². The van der Waals surface area contributed by atoms with Crippen LogP contribution in [-0.4, -0.2) is 169 Å². The summed E-state index contributed by atoms with van der Waals surface area (Å²) >= 11 is 0. The molecule has 11 N–H and O–H groups in total. The first-order valence-electron chi connectivity index (χ1n) is 28.9. The molecule has 20 nitrogen and oxygen atoms in total. The third-order valence-corrected chi connectivity index (χ3v) is 14.5. The molecule has 17 atom stereocenters. The number of esters is 2. The summed E-state index contributed by atoms with van der Waals surface area (Å²) in [4.78, 5) is 78.6. The standard InChI is InChI=1S/C63H92N2O18/c1-7-65-58-59(77)42(6)81-63(60(58)78)82-51-25-20-18-16-14-12-10-9-11-13-15-17-19-22-39(3)61(41(5)30-40(4)52(72)38-53(73)43-26-28-44(64)29-27-43)83-56(76)36-46(67)24-21-23-45(66)31-47(68)32-48(69)33-49(70)34-50(71)35-54(74)57(55(75)37-51)62(79)80-8-2/h9-20,22,25-29,39-42,47-49,51-52,54-55,57-61,63,65,68-70,72,74-75,77-78H,7-8,21,23-24,30-38,64H2,1-6H3/t39-,40?,41?,42+,47+,48+,49+,51-,52?,54-,55?,57+,58-,59+,60-,61?,63-/m0/s1. The highest BCUT2D eigenvalue weighted by Gasteiger charge is 2.45.